The van der Waals surface area contributed by atoms with Gasteiger partial charge in [0, 0.05) is 0 Å². The number of ether oxygens (including phenoxy) is 1. The number of nitrogens with zero attached hydrogens (tertiary/aromatic N) is 1. The fourth-order valence-electron chi connectivity index (χ4n) is 2.53. The van der Waals surface area contributed by atoms with Crippen LogP contribution in [0.1, 0.15) is 6.23 Å². The molecule has 1 saturated heterocycles. The Hall–Kier alpha value is -2.06. The highest BCUT2D eigenvalue weighted by atomic mass is 31.2. The van der Waals surface area contributed by atoms with E-state index < -0.39 is 55.9 Å². The Balaban J connectivity index is 2.00. The molecule has 3 heterocycles. The number of aromatic amines is 3. The van der Waals surface area contributed by atoms with Crippen molar-refractivity contribution in [3.8, 4) is 0 Å². The molecule has 138 valence electrons. The summed E-state index contributed by atoms with van der Waals surface area (Å²) in [7, 11) is -5.35. The van der Waals surface area contributed by atoms with Crippen LogP contribution in [0.3, 0.4) is 0 Å². The van der Waals surface area contributed by atoms with Crippen LogP contribution in [0.15, 0.2) is 14.4 Å². The maximum absolute atomic E-state index is 12.0. The van der Waals surface area contributed by atoms with Crippen LogP contribution in [0.25, 0.3) is 11.2 Å². The lowest BCUT2D eigenvalue weighted by molar-refractivity contribution is -0.343. The van der Waals surface area contributed by atoms with Gasteiger partial charge in [-0.25, -0.2) is 14.2 Å². The van der Waals surface area contributed by atoms with Crippen LogP contribution in [0, 0.1) is 0 Å². The summed E-state index contributed by atoms with van der Waals surface area (Å²) >= 11 is 0. The lowest BCUT2D eigenvalue weighted by Gasteiger charge is -2.30. The number of aliphatic hydroxyl groups excluding tert-OH is 2. The molecule has 25 heavy (non-hydrogen) atoms. The minimum Gasteiger partial charge on any atom is -0.790 e. The standard InChI is InChI=1S/C10H13N4O10P/c15-4-2(1-23-25(20,21)22)24-8(5(4)16)14-6-3(11-10(14)19)7(17)13-9(18)12-6/h2,4-5,8,15-16H,1H2,(H,11,19)(H2,20,21,22)(H2,12,13,17,18)/p-2/t2-,4-,5-,8-/m1/s1. The maximum atomic E-state index is 12.0. The number of hydrogen-bond acceptors (Lipinski definition) is 10. The minimum absolute atomic E-state index is 0.307. The van der Waals surface area contributed by atoms with Gasteiger partial charge in [0.2, 0.25) is 0 Å². The first-order chi connectivity index (χ1) is 11.6. The molecule has 0 bridgehead atoms. The molecule has 0 saturated carbocycles. The summed E-state index contributed by atoms with van der Waals surface area (Å²) in [5.74, 6) is 0. The molecule has 1 fully saturated rings. The third-order valence-corrected chi connectivity index (χ3v) is 4.07. The monoisotopic (exact) mass is 378 g/mol. The molecule has 0 aliphatic carbocycles. The number of nitrogens with one attached hydrogen (secondary N) is 3. The van der Waals surface area contributed by atoms with Gasteiger partial charge in [0.15, 0.2) is 17.4 Å². The fraction of sp³-hybridized carbons (Fsp3) is 0.500. The molecule has 2 aromatic heterocycles. The smallest absolute Gasteiger partial charge is 0.330 e. The second kappa shape index (κ2) is 6.03. The Morgan fingerprint density at radius 3 is 2.48 bits per heavy atom. The molecule has 4 atom stereocenters. The van der Waals surface area contributed by atoms with Crippen molar-refractivity contribution in [1.29, 1.82) is 0 Å². The van der Waals surface area contributed by atoms with Crippen LogP contribution in [0.2, 0.25) is 0 Å². The van der Waals surface area contributed by atoms with Crippen molar-refractivity contribution in [2.75, 3.05) is 6.61 Å². The van der Waals surface area contributed by atoms with Crippen LogP contribution >= 0.6 is 7.82 Å². The fourth-order valence-corrected chi connectivity index (χ4v) is 2.86. The molecule has 1 aliphatic heterocycles. The molecule has 3 rings (SSSR count). The Labute approximate surface area is 135 Å². The van der Waals surface area contributed by atoms with Crippen molar-refractivity contribution in [2.24, 2.45) is 0 Å². The van der Waals surface area contributed by atoms with E-state index in [2.05, 4.69) is 14.5 Å². The van der Waals surface area contributed by atoms with E-state index in [0.29, 0.717) is 4.57 Å². The van der Waals surface area contributed by atoms with Crippen LogP contribution in [-0.2, 0) is 13.8 Å². The molecular formula is C10H11N4O10P-2. The second-order valence-corrected chi connectivity index (χ2v) is 6.37. The van der Waals surface area contributed by atoms with E-state index in [1.165, 1.54) is 0 Å². The van der Waals surface area contributed by atoms with Crippen molar-refractivity contribution >= 4 is 19.0 Å². The molecular weight excluding hydrogens is 367 g/mol. The van der Waals surface area contributed by atoms with Gasteiger partial charge in [-0.15, -0.1) is 0 Å². The van der Waals surface area contributed by atoms with Gasteiger partial charge in [-0.3, -0.25) is 19.7 Å². The van der Waals surface area contributed by atoms with E-state index in [0.717, 1.165) is 0 Å². The number of aliphatic hydroxyl groups is 2. The molecule has 0 radical (unpaired) electrons. The first-order valence-electron chi connectivity index (χ1n) is 6.73. The quantitative estimate of drug-likeness (QED) is 0.319. The van der Waals surface area contributed by atoms with E-state index in [1.807, 2.05) is 4.98 Å². The summed E-state index contributed by atoms with van der Waals surface area (Å²) in [6.45, 7) is -0.896. The van der Waals surface area contributed by atoms with Gasteiger partial charge in [-0.05, 0) is 0 Å². The summed E-state index contributed by atoms with van der Waals surface area (Å²) in [5.41, 5.74) is -3.40. The van der Waals surface area contributed by atoms with E-state index in [4.69, 9.17) is 4.74 Å². The SMILES string of the molecule is O=c1[nH]c(=O)c2[nH]c(=O)n([C@@H]3O[C@H](COP(=O)([O-])[O-])[C@@H](O)[C@H]3O)c2[nH]1. The highest BCUT2D eigenvalue weighted by Gasteiger charge is 2.45. The molecule has 14 nitrogen and oxygen atoms in total. The summed E-state index contributed by atoms with van der Waals surface area (Å²) in [4.78, 5) is 62.3. The molecule has 2 aromatic rings. The van der Waals surface area contributed by atoms with E-state index >= 15 is 0 Å². The maximum Gasteiger partial charge on any atom is 0.330 e. The first kappa shape index (κ1) is 17.8. The van der Waals surface area contributed by atoms with E-state index in [-0.39, 0.29) is 11.2 Å². The van der Waals surface area contributed by atoms with Crippen LogP contribution in [0.4, 0.5) is 0 Å². The summed E-state index contributed by atoms with van der Waals surface area (Å²) in [6.07, 6.45) is -6.49. The summed E-state index contributed by atoms with van der Waals surface area (Å²) in [6, 6.07) is 0. The molecule has 0 unspecified atom stereocenters. The second-order valence-electron chi connectivity index (χ2n) is 5.22. The van der Waals surface area contributed by atoms with Crippen molar-refractivity contribution in [3.05, 3.63) is 31.3 Å². The molecule has 15 heteroatoms. The van der Waals surface area contributed by atoms with Crippen LogP contribution in [0.5, 0.6) is 0 Å². The molecule has 5 N–H and O–H groups in total. The third-order valence-electron chi connectivity index (χ3n) is 3.60. The number of phosphoric acid groups is 1. The molecule has 1 aliphatic rings. The third kappa shape index (κ3) is 3.23. The van der Waals surface area contributed by atoms with Crippen LogP contribution in [-0.4, -0.2) is 54.7 Å². The zero-order chi connectivity index (χ0) is 18.5. The topological polar surface area (TPSA) is 226 Å². The Morgan fingerprint density at radius 2 is 1.84 bits per heavy atom. The van der Waals surface area contributed by atoms with Crippen molar-refractivity contribution in [2.45, 2.75) is 24.5 Å². The summed E-state index contributed by atoms with van der Waals surface area (Å²) < 4.78 is 20.4. The normalized spacial score (nSPS) is 27.2. The molecule has 0 aromatic carbocycles. The highest BCUT2D eigenvalue weighted by Crippen LogP contribution is 2.33. The molecule has 0 amide bonds. The Kier molecular flexibility index (Phi) is 4.28. The molecule has 0 spiro atoms. The predicted octanol–water partition coefficient (Wildman–Crippen LogP) is -4.83. The average Bonchev–Trinajstić information content (AvgIpc) is 2.95. The number of hydrogen-bond donors (Lipinski definition) is 5. The highest BCUT2D eigenvalue weighted by molar-refractivity contribution is 7.43. The van der Waals surface area contributed by atoms with Gasteiger partial charge in [-0.1, -0.05) is 0 Å². The summed E-state index contributed by atoms with van der Waals surface area (Å²) in [5, 5.41) is 19.9. The zero-order valence-corrected chi connectivity index (χ0v) is 13.0. The van der Waals surface area contributed by atoms with Gasteiger partial charge >= 0.3 is 11.4 Å². The van der Waals surface area contributed by atoms with Gasteiger partial charge < -0.3 is 33.8 Å². The number of rotatable bonds is 4. The lowest BCUT2D eigenvalue weighted by atomic mass is 10.1. The van der Waals surface area contributed by atoms with Crippen molar-refractivity contribution in [1.82, 2.24) is 19.5 Å². The van der Waals surface area contributed by atoms with Crippen molar-refractivity contribution < 1.29 is 33.8 Å². The zero-order valence-electron chi connectivity index (χ0n) is 12.1. The van der Waals surface area contributed by atoms with Gasteiger partial charge in [-0.2, -0.15) is 0 Å². The van der Waals surface area contributed by atoms with Gasteiger partial charge in [0.05, 0.1) is 14.4 Å². The number of phosphoric ester groups is 1. The first-order valence-corrected chi connectivity index (χ1v) is 8.19. The largest absolute Gasteiger partial charge is 0.790 e. The number of fused-ring (bicyclic) bond motifs is 1. The predicted molar refractivity (Wildman–Crippen MR) is 73.3 cm³/mol. The van der Waals surface area contributed by atoms with E-state index in [1.54, 1.807) is 0 Å². The van der Waals surface area contributed by atoms with Crippen molar-refractivity contribution in [3.63, 3.8) is 0 Å². The van der Waals surface area contributed by atoms with Gasteiger partial charge in [0.25, 0.3) is 5.56 Å². The average molecular weight is 378 g/mol. The number of H-pyrrole nitrogens is 3. The Bertz CT molecular complexity index is 1010. The lowest BCUT2D eigenvalue weighted by Crippen LogP contribution is -2.35. The number of aromatic nitrogens is 4. The minimum atomic E-state index is -5.35. The van der Waals surface area contributed by atoms with Crippen LogP contribution < -0.4 is 26.7 Å². The van der Waals surface area contributed by atoms with Gasteiger partial charge in [0.1, 0.15) is 18.3 Å². The Morgan fingerprint density at radius 1 is 1.16 bits per heavy atom. The van der Waals surface area contributed by atoms with E-state index in [9.17, 15) is 38.9 Å². The number of imidazole rings is 1.